The highest BCUT2D eigenvalue weighted by atomic mass is 35.5. The summed E-state index contributed by atoms with van der Waals surface area (Å²) in [7, 11) is 0. The first kappa shape index (κ1) is 17.6. The van der Waals surface area contributed by atoms with E-state index in [0.717, 1.165) is 22.4 Å². The highest BCUT2D eigenvalue weighted by Gasteiger charge is 2.16. The SMILES string of the molecule is Cc1cc(Cl)ccc1NC(=O)[C@H](C)Oc1cc(C)c(Cl)c(C)c1. The lowest BCUT2D eigenvalue weighted by Gasteiger charge is -2.17. The van der Waals surface area contributed by atoms with E-state index < -0.39 is 6.10 Å². The van der Waals surface area contributed by atoms with Crippen LogP contribution >= 0.6 is 23.2 Å². The molecule has 0 aliphatic carbocycles. The van der Waals surface area contributed by atoms with Gasteiger partial charge < -0.3 is 10.1 Å². The fraction of sp³-hybridized carbons (Fsp3) is 0.278. The number of aryl methyl sites for hydroxylation is 3. The Hall–Kier alpha value is -1.71. The summed E-state index contributed by atoms with van der Waals surface area (Å²) in [5, 5.41) is 4.20. The lowest BCUT2D eigenvalue weighted by Crippen LogP contribution is -2.30. The molecule has 0 radical (unpaired) electrons. The molecule has 0 saturated heterocycles. The molecule has 23 heavy (non-hydrogen) atoms. The number of anilines is 1. The van der Waals surface area contributed by atoms with Gasteiger partial charge in [0.2, 0.25) is 0 Å². The van der Waals surface area contributed by atoms with Crippen molar-refractivity contribution in [2.24, 2.45) is 0 Å². The van der Waals surface area contributed by atoms with Crippen LogP contribution in [0.15, 0.2) is 30.3 Å². The quantitative estimate of drug-likeness (QED) is 0.808. The van der Waals surface area contributed by atoms with Gasteiger partial charge in [0.05, 0.1) is 0 Å². The molecule has 0 bridgehead atoms. The van der Waals surface area contributed by atoms with Crippen molar-refractivity contribution < 1.29 is 9.53 Å². The molecule has 2 aromatic carbocycles. The van der Waals surface area contributed by atoms with E-state index in [0.29, 0.717) is 15.8 Å². The molecule has 0 aromatic heterocycles. The van der Waals surface area contributed by atoms with E-state index in [1.54, 1.807) is 25.1 Å². The van der Waals surface area contributed by atoms with Gasteiger partial charge in [-0.25, -0.2) is 0 Å². The molecule has 0 aliphatic heterocycles. The van der Waals surface area contributed by atoms with Gasteiger partial charge >= 0.3 is 0 Å². The summed E-state index contributed by atoms with van der Waals surface area (Å²) in [6.45, 7) is 7.41. The summed E-state index contributed by atoms with van der Waals surface area (Å²) in [6, 6.07) is 8.97. The average molecular weight is 352 g/mol. The van der Waals surface area contributed by atoms with E-state index in [1.165, 1.54) is 0 Å². The van der Waals surface area contributed by atoms with Crippen molar-refractivity contribution >= 4 is 34.8 Å². The summed E-state index contributed by atoms with van der Waals surface area (Å²) in [5.41, 5.74) is 3.46. The number of rotatable bonds is 4. The molecule has 0 fully saturated rings. The van der Waals surface area contributed by atoms with E-state index in [4.69, 9.17) is 27.9 Å². The van der Waals surface area contributed by atoms with Crippen LogP contribution in [0.25, 0.3) is 0 Å². The first-order valence-electron chi connectivity index (χ1n) is 7.28. The molecule has 1 atom stereocenters. The van der Waals surface area contributed by atoms with Crippen LogP contribution in [-0.4, -0.2) is 12.0 Å². The number of hydrogen-bond donors (Lipinski definition) is 1. The summed E-state index contributed by atoms with van der Waals surface area (Å²) in [6.07, 6.45) is -0.634. The molecular formula is C18H19Cl2NO2. The van der Waals surface area contributed by atoms with Crippen molar-refractivity contribution in [2.45, 2.75) is 33.8 Å². The van der Waals surface area contributed by atoms with Crippen molar-refractivity contribution in [3.8, 4) is 5.75 Å². The van der Waals surface area contributed by atoms with Gasteiger partial charge in [-0.05, 0) is 74.7 Å². The number of carbonyl (C=O) groups excluding carboxylic acids is 1. The smallest absolute Gasteiger partial charge is 0.265 e. The van der Waals surface area contributed by atoms with Gasteiger partial charge in [-0.1, -0.05) is 23.2 Å². The molecule has 0 spiro atoms. The van der Waals surface area contributed by atoms with E-state index in [1.807, 2.05) is 32.9 Å². The van der Waals surface area contributed by atoms with Crippen LogP contribution in [0, 0.1) is 20.8 Å². The highest BCUT2D eigenvalue weighted by Crippen LogP contribution is 2.27. The first-order chi connectivity index (χ1) is 10.8. The van der Waals surface area contributed by atoms with E-state index in [-0.39, 0.29) is 5.91 Å². The Balaban J connectivity index is 2.08. The largest absolute Gasteiger partial charge is 0.481 e. The van der Waals surface area contributed by atoms with Crippen LogP contribution in [0.2, 0.25) is 10.0 Å². The van der Waals surface area contributed by atoms with Crippen molar-refractivity contribution in [1.82, 2.24) is 0 Å². The van der Waals surface area contributed by atoms with E-state index >= 15 is 0 Å². The molecule has 2 aromatic rings. The third-order valence-corrected chi connectivity index (χ3v) is 4.37. The molecule has 0 saturated carbocycles. The zero-order chi connectivity index (χ0) is 17.1. The van der Waals surface area contributed by atoms with Gasteiger partial charge in [-0.2, -0.15) is 0 Å². The van der Waals surface area contributed by atoms with Crippen LogP contribution in [0.4, 0.5) is 5.69 Å². The number of carbonyl (C=O) groups is 1. The minimum absolute atomic E-state index is 0.222. The molecule has 5 heteroatoms. The summed E-state index contributed by atoms with van der Waals surface area (Å²) in [4.78, 5) is 12.3. The van der Waals surface area contributed by atoms with Gasteiger partial charge in [0.1, 0.15) is 5.75 Å². The Morgan fingerprint density at radius 3 is 2.22 bits per heavy atom. The maximum absolute atomic E-state index is 12.3. The lowest BCUT2D eigenvalue weighted by molar-refractivity contribution is -0.122. The molecule has 1 N–H and O–H groups in total. The highest BCUT2D eigenvalue weighted by molar-refractivity contribution is 6.32. The molecule has 0 unspecified atom stereocenters. The monoisotopic (exact) mass is 351 g/mol. The third-order valence-electron chi connectivity index (χ3n) is 3.54. The Labute approximate surface area is 146 Å². The molecule has 3 nitrogen and oxygen atoms in total. The van der Waals surface area contributed by atoms with Crippen LogP contribution in [0.5, 0.6) is 5.75 Å². The van der Waals surface area contributed by atoms with Crippen molar-refractivity contribution in [3.05, 3.63) is 57.1 Å². The third kappa shape index (κ3) is 4.40. The van der Waals surface area contributed by atoms with Crippen molar-refractivity contribution in [3.63, 3.8) is 0 Å². The van der Waals surface area contributed by atoms with Crippen LogP contribution in [0.3, 0.4) is 0 Å². The maximum Gasteiger partial charge on any atom is 0.265 e. The van der Waals surface area contributed by atoms with Gasteiger partial charge in [-0.15, -0.1) is 0 Å². The Morgan fingerprint density at radius 2 is 1.65 bits per heavy atom. The first-order valence-corrected chi connectivity index (χ1v) is 8.04. The van der Waals surface area contributed by atoms with Crippen molar-refractivity contribution in [1.29, 1.82) is 0 Å². The lowest BCUT2D eigenvalue weighted by atomic mass is 10.1. The minimum Gasteiger partial charge on any atom is -0.481 e. The Bertz CT molecular complexity index is 721. The zero-order valence-electron chi connectivity index (χ0n) is 13.5. The second kappa shape index (κ2) is 7.24. The Kier molecular flexibility index (Phi) is 5.55. The van der Waals surface area contributed by atoms with Gasteiger partial charge in [0.15, 0.2) is 6.10 Å². The fourth-order valence-corrected chi connectivity index (χ4v) is 2.57. The van der Waals surface area contributed by atoms with Crippen molar-refractivity contribution in [2.75, 3.05) is 5.32 Å². The number of ether oxygens (including phenoxy) is 1. The minimum atomic E-state index is -0.634. The number of hydrogen-bond acceptors (Lipinski definition) is 2. The fourth-order valence-electron chi connectivity index (χ4n) is 2.23. The van der Waals surface area contributed by atoms with Gasteiger partial charge in [0.25, 0.3) is 5.91 Å². The molecule has 0 heterocycles. The van der Waals surface area contributed by atoms with Crippen LogP contribution in [-0.2, 0) is 4.79 Å². The Morgan fingerprint density at radius 1 is 1.04 bits per heavy atom. The van der Waals surface area contributed by atoms with E-state index in [9.17, 15) is 4.79 Å². The zero-order valence-corrected chi connectivity index (χ0v) is 15.0. The summed E-state index contributed by atoms with van der Waals surface area (Å²) in [5.74, 6) is 0.403. The normalized spacial score (nSPS) is 11.9. The van der Waals surface area contributed by atoms with E-state index in [2.05, 4.69) is 5.32 Å². The van der Waals surface area contributed by atoms with Gasteiger partial charge in [0, 0.05) is 15.7 Å². The standard InChI is InChI=1S/C18H19Cl2NO2/c1-10-7-14(19)5-6-16(10)21-18(22)13(4)23-15-8-11(2)17(20)12(3)9-15/h5-9,13H,1-4H3,(H,21,22)/t13-/m0/s1. The molecule has 1 amide bonds. The average Bonchev–Trinajstić information content (AvgIpc) is 2.47. The molecular weight excluding hydrogens is 333 g/mol. The summed E-state index contributed by atoms with van der Waals surface area (Å²) < 4.78 is 5.73. The number of amides is 1. The molecule has 2 rings (SSSR count). The second-order valence-corrected chi connectivity index (χ2v) is 6.39. The number of benzene rings is 2. The number of nitrogens with one attached hydrogen (secondary N) is 1. The van der Waals surface area contributed by atoms with Crippen LogP contribution < -0.4 is 10.1 Å². The molecule has 122 valence electrons. The van der Waals surface area contributed by atoms with Crippen LogP contribution in [0.1, 0.15) is 23.6 Å². The summed E-state index contributed by atoms with van der Waals surface area (Å²) >= 11 is 12.1. The predicted molar refractivity (Wildman–Crippen MR) is 95.8 cm³/mol. The maximum atomic E-state index is 12.3. The number of halogens is 2. The van der Waals surface area contributed by atoms with Gasteiger partial charge in [-0.3, -0.25) is 4.79 Å². The topological polar surface area (TPSA) is 38.3 Å². The molecule has 0 aliphatic rings. The second-order valence-electron chi connectivity index (χ2n) is 5.58. The predicted octanol–water partition coefficient (Wildman–Crippen LogP) is 5.32.